The van der Waals surface area contributed by atoms with Crippen LogP contribution in [-0.2, 0) is 0 Å². The van der Waals surface area contributed by atoms with Gasteiger partial charge >= 0.3 is 0 Å². The van der Waals surface area contributed by atoms with Gasteiger partial charge in [0.15, 0.2) is 19.1 Å². The lowest BCUT2D eigenvalue weighted by molar-refractivity contribution is -0.482. The standard InChI is InChI=1S/C16H15N2O3/c1-20-15-4-5-16(12(7-15)10-19)21-11-14-9-17-8-13-3-2-6-18(13)14/h2-10,13H,11H2,1H3/q+1. The quantitative estimate of drug-likeness (QED) is 0.612. The third-order valence-electron chi connectivity index (χ3n) is 3.39. The number of aliphatic imine (C=N–C) groups is 1. The van der Waals surface area contributed by atoms with E-state index in [1.54, 1.807) is 31.5 Å². The molecule has 5 heteroatoms. The lowest BCUT2D eigenvalue weighted by Crippen LogP contribution is -2.28. The van der Waals surface area contributed by atoms with Crippen molar-refractivity contribution < 1.29 is 18.8 Å². The monoisotopic (exact) mass is 283 g/mol. The van der Waals surface area contributed by atoms with E-state index in [0.29, 0.717) is 23.7 Å². The topological polar surface area (TPSA) is 50.9 Å². The Balaban J connectivity index is 1.75. The van der Waals surface area contributed by atoms with E-state index in [0.717, 1.165) is 12.0 Å². The van der Waals surface area contributed by atoms with Gasteiger partial charge in [0.1, 0.15) is 11.5 Å². The van der Waals surface area contributed by atoms with E-state index < -0.39 is 0 Å². The number of carbonyl (C=O) groups excluding carboxylic acids is 1. The second-order valence-electron chi connectivity index (χ2n) is 4.66. The van der Waals surface area contributed by atoms with Gasteiger partial charge in [-0.1, -0.05) is 0 Å². The lowest BCUT2D eigenvalue weighted by Gasteiger charge is -2.13. The van der Waals surface area contributed by atoms with Crippen LogP contribution in [0.2, 0.25) is 0 Å². The zero-order chi connectivity index (χ0) is 14.7. The van der Waals surface area contributed by atoms with Crippen molar-refractivity contribution in [2.24, 2.45) is 4.99 Å². The summed E-state index contributed by atoms with van der Waals surface area (Å²) in [7, 11) is 1.56. The molecule has 1 unspecified atom stereocenters. The summed E-state index contributed by atoms with van der Waals surface area (Å²) in [6.07, 6.45) is 10.4. The number of fused-ring (bicyclic) bond motifs is 1. The van der Waals surface area contributed by atoms with Gasteiger partial charge in [0.05, 0.1) is 25.1 Å². The van der Waals surface area contributed by atoms with Crippen LogP contribution in [0.25, 0.3) is 0 Å². The lowest BCUT2D eigenvalue weighted by atomic mass is 10.2. The largest absolute Gasteiger partial charge is 0.497 e. The van der Waals surface area contributed by atoms with Gasteiger partial charge in [-0.3, -0.25) is 9.79 Å². The van der Waals surface area contributed by atoms with Crippen molar-refractivity contribution in [3.8, 4) is 11.5 Å². The van der Waals surface area contributed by atoms with Crippen molar-refractivity contribution in [1.82, 2.24) is 0 Å². The van der Waals surface area contributed by atoms with Crippen LogP contribution in [-0.4, -0.2) is 43.0 Å². The molecule has 0 aromatic heterocycles. The van der Waals surface area contributed by atoms with Gasteiger partial charge in [-0.2, -0.15) is 4.58 Å². The average Bonchev–Trinajstić information content (AvgIpc) is 3.01. The van der Waals surface area contributed by atoms with E-state index in [9.17, 15) is 4.79 Å². The van der Waals surface area contributed by atoms with Gasteiger partial charge in [0.2, 0.25) is 11.7 Å². The summed E-state index contributed by atoms with van der Waals surface area (Å²) in [5.41, 5.74) is 1.41. The Morgan fingerprint density at radius 3 is 3.14 bits per heavy atom. The second kappa shape index (κ2) is 5.75. The molecule has 5 nitrogen and oxygen atoms in total. The predicted octanol–water partition coefficient (Wildman–Crippen LogP) is 1.83. The molecule has 0 bridgehead atoms. The fourth-order valence-corrected chi connectivity index (χ4v) is 2.28. The number of hydrogen-bond donors (Lipinski definition) is 0. The number of allylic oxidation sites excluding steroid dienone is 1. The molecule has 0 radical (unpaired) electrons. The Bertz CT molecular complexity index is 687. The van der Waals surface area contributed by atoms with Crippen molar-refractivity contribution >= 4 is 18.7 Å². The molecule has 1 aromatic rings. The Hall–Kier alpha value is -2.69. The molecule has 0 amide bonds. The molecule has 2 heterocycles. The second-order valence-corrected chi connectivity index (χ2v) is 4.66. The summed E-state index contributed by atoms with van der Waals surface area (Å²) in [5, 5.41) is 0. The molecule has 3 rings (SSSR count). The minimum Gasteiger partial charge on any atom is -0.497 e. The Morgan fingerprint density at radius 1 is 1.43 bits per heavy atom. The fraction of sp³-hybridized carbons (Fsp3) is 0.188. The average molecular weight is 283 g/mol. The summed E-state index contributed by atoms with van der Waals surface area (Å²) in [6, 6.07) is 5.32. The van der Waals surface area contributed by atoms with E-state index in [-0.39, 0.29) is 6.04 Å². The van der Waals surface area contributed by atoms with E-state index in [1.165, 1.54) is 0 Å². The molecule has 1 atom stereocenters. The highest BCUT2D eigenvalue weighted by Gasteiger charge is 2.27. The van der Waals surface area contributed by atoms with Gasteiger partial charge in [0, 0.05) is 6.08 Å². The van der Waals surface area contributed by atoms with Crippen LogP contribution >= 0.6 is 0 Å². The highest BCUT2D eigenvalue weighted by molar-refractivity contribution is 5.80. The molecular weight excluding hydrogens is 268 g/mol. The van der Waals surface area contributed by atoms with Crippen LogP contribution < -0.4 is 9.47 Å². The van der Waals surface area contributed by atoms with Crippen LogP contribution in [0.4, 0.5) is 0 Å². The zero-order valence-corrected chi connectivity index (χ0v) is 11.6. The number of ether oxygens (including phenoxy) is 2. The number of methoxy groups -OCH3 is 1. The Morgan fingerprint density at radius 2 is 2.33 bits per heavy atom. The van der Waals surface area contributed by atoms with Gasteiger partial charge in [-0.25, -0.2) is 0 Å². The predicted molar refractivity (Wildman–Crippen MR) is 79.7 cm³/mol. The maximum absolute atomic E-state index is 11.1. The first-order chi connectivity index (χ1) is 10.3. The zero-order valence-electron chi connectivity index (χ0n) is 11.6. The third-order valence-corrected chi connectivity index (χ3v) is 3.39. The first-order valence-electron chi connectivity index (χ1n) is 6.60. The number of carbonyl (C=O) groups is 1. The van der Waals surface area contributed by atoms with Crippen molar-refractivity contribution in [2.45, 2.75) is 6.04 Å². The highest BCUT2D eigenvalue weighted by Crippen LogP contribution is 2.23. The molecule has 0 saturated heterocycles. The maximum atomic E-state index is 11.1. The number of nitrogens with zero attached hydrogens (tertiary/aromatic N) is 2. The summed E-state index contributed by atoms with van der Waals surface area (Å²) < 4.78 is 12.9. The fourth-order valence-electron chi connectivity index (χ4n) is 2.28. The van der Waals surface area contributed by atoms with Gasteiger partial charge in [-0.05, 0) is 24.3 Å². The molecule has 21 heavy (non-hydrogen) atoms. The summed E-state index contributed by atoms with van der Waals surface area (Å²) >= 11 is 0. The first kappa shape index (κ1) is 13.3. The normalized spacial score (nSPS) is 18.8. The van der Waals surface area contributed by atoms with Crippen molar-refractivity contribution in [3.05, 3.63) is 47.8 Å². The molecule has 2 aliphatic heterocycles. The van der Waals surface area contributed by atoms with Crippen molar-refractivity contribution in [1.29, 1.82) is 0 Å². The van der Waals surface area contributed by atoms with Crippen LogP contribution in [0.3, 0.4) is 0 Å². The molecular formula is C16H15N2O3+. The Labute approximate surface area is 122 Å². The SMILES string of the molecule is COc1ccc(OCC2=CN=CC3C=CC=[N+]23)c(C=O)c1. The van der Waals surface area contributed by atoms with Crippen molar-refractivity contribution in [3.63, 3.8) is 0 Å². The van der Waals surface area contributed by atoms with Gasteiger partial charge < -0.3 is 9.47 Å². The molecule has 1 aromatic carbocycles. The summed E-state index contributed by atoms with van der Waals surface area (Å²) in [5.74, 6) is 1.16. The molecule has 0 aliphatic carbocycles. The number of benzene rings is 1. The van der Waals surface area contributed by atoms with Gasteiger partial charge in [0.25, 0.3) is 0 Å². The summed E-state index contributed by atoms with van der Waals surface area (Å²) in [4.78, 5) is 15.3. The van der Waals surface area contributed by atoms with Crippen LogP contribution in [0, 0.1) is 0 Å². The molecule has 106 valence electrons. The smallest absolute Gasteiger partial charge is 0.238 e. The van der Waals surface area contributed by atoms with Gasteiger partial charge in [-0.15, -0.1) is 0 Å². The number of rotatable bonds is 5. The minimum atomic E-state index is 0.162. The first-order valence-corrected chi connectivity index (χ1v) is 6.60. The van der Waals surface area contributed by atoms with Crippen LogP contribution in [0.5, 0.6) is 11.5 Å². The summed E-state index contributed by atoms with van der Waals surface area (Å²) in [6.45, 7) is 0.346. The van der Waals surface area contributed by atoms with Crippen molar-refractivity contribution in [2.75, 3.05) is 13.7 Å². The Kier molecular flexibility index (Phi) is 3.64. The number of aldehydes is 1. The van der Waals surface area contributed by atoms with Crippen LogP contribution in [0.15, 0.2) is 47.2 Å². The molecule has 0 spiro atoms. The van der Waals surface area contributed by atoms with Crippen LogP contribution in [0.1, 0.15) is 10.4 Å². The third kappa shape index (κ3) is 2.63. The molecule has 0 fully saturated rings. The maximum Gasteiger partial charge on any atom is 0.238 e. The van der Waals surface area contributed by atoms with E-state index in [1.807, 2.05) is 18.5 Å². The molecule has 2 aliphatic rings. The molecule has 0 N–H and O–H groups in total. The van der Waals surface area contributed by atoms with E-state index in [4.69, 9.17) is 9.47 Å². The highest BCUT2D eigenvalue weighted by atomic mass is 16.5. The van der Waals surface area contributed by atoms with E-state index >= 15 is 0 Å². The number of hydrogen-bond acceptors (Lipinski definition) is 4. The van der Waals surface area contributed by atoms with E-state index in [2.05, 4.69) is 15.6 Å². The minimum absolute atomic E-state index is 0.162. The molecule has 0 saturated carbocycles.